The number of carbonyl (C=O) groups excluding carboxylic acids is 1. The number of halogens is 5. The SMILES string of the molecule is C=CC(=O)N1C[C@H](C)N(c2nc(=O)n(-c3c(C)ccnc3[C@@H](C)C(F)(F)F)c3nc(-c4c(N)cccc4F)c(F)cc23)C[C@H]1C. The number of nitrogens with zero attached hydrogens (tertiary/aromatic N) is 6. The number of anilines is 2. The third-order valence-electron chi connectivity index (χ3n) is 8.08. The lowest BCUT2D eigenvalue weighted by molar-refractivity contribution is -0.147. The summed E-state index contributed by atoms with van der Waals surface area (Å²) in [6.07, 6.45) is -2.33. The van der Waals surface area contributed by atoms with Crippen LogP contribution in [0.2, 0.25) is 0 Å². The number of amides is 1. The van der Waals surface area contributed by atoms with E-state index >= 15 is 8.78 Å². The number of hydrogen-bond donors (Lipinski definition) is 1. The van der Waals surface area contributed by atoms with Crippen LogP contribution in [0.5, 0.6) is 0 Å². The first-order chi connectivity index (χ1) is 21.1. The van der Waals surface area contributed by atoms with Crippen LogP contribution in [0.15, 0.2) is 54.0 Å². The van der Waals surface area contributed by atoms with E-state index in [2.05, 4.69) is 21.5 Å². The number of pyridine rings is 2. The van der Waals surface area contributed by atoms with Crippen LogP contribution in [0.4, 0.5) is 33.5 Å². The smallest absolute Gasteiger partial charge is 0.397 e. The van der Waals surface area contributed by atoms with Gasteiger partial charge in [0.05, 0.1) is 28.2 Å². The molecule has 0 bridgehead atoms. The summed E-state index contributed by atoms with van der Waals surface area (Å²) < 4.78 is 73.8. The molecular weight excluding hydrogens is 597 g/mol. The number of piperazine rings is 1. The minimum Gasteiger partial charge on any atom is -0.398 e. The summed E-state index contributed by atoms with van der Waals surface area (Å²) >= 11 is 0. The Bertz CT molecular complexity index is 1870. The monoisotopic (exact) mass is 627 g/mol. The van der Waals surface area contributed by atoms with Crippen LogP contribution in [0.3, 0.4) is 0 Å². The third kappa shape index (κ3) is 5.49. The van der Waals surface area contributed by atoms with Gasteiger partial charge >= 0.3 is 11.9 Å². The number of nitrogens with two attached hydrogens (primary N) is 1. The Morgan fingerprint density at radius 2 is 1.82 bits per heavy atom. The van der Waals surface area contributed by atoms with E-state index in [1.54, 1.807) is 23.6 Å². The molecule has 1 saturated heterocycles. The molecule has 0 radical (unpaired) electrons. The lowest BCUT2D eigenvalue weighted by atomic mass is 10.0. The van der Waals surface area contributed by atoms with Crippen molar-refractivity contribution in [2.75, 3.05) is 23.7 Å². The normalized spacial score (nSPS) is 17.9. The highest BCUT2D eigenvalue weighted by Crippen LogP contribution is 2.39. The number of aryl methyl sites for hydroxylation is 1. The van der Waals surface area contributed by atoms with Gasteiger partial charge in [-0.05, 0) is 63.6 Å². The Kier molecular flexibility index (Phi) is 8.10. The Morgan fingerprint density at radius 1 is 1.11 bits per heavy atom. The molecule has 1 aliphatic heterocycles. The van der Waals surface area contributed by atoms with Crippen molar-refractivity contribution in [1.82, 2.24) is 24.4 Å². The van der Waals surface area contributed by atoms with E-state index in [1.165, 1.54) is 37.4 Å². The van der Waals surface area contributed by atoms with Crippen LogP contribution in [0, 0.1) is 18.6 Å². The zero-order valence-corrected chi connectivity index (χ0v) is 24.9. The molecule has 0 unspecified atom stereocenters. The molecule has 2 N–H and O–H groups in total. The minimum absolute atomic E-state index is 0.00252. The van der Waals surface area contributed by atoms with Gasteiger partial charge in [0.25, 0.3) is 0 Å². The average molecular weight is 628 g/mol. The Labute approximate surface area is 254 Å². The molecule has 5 rings (SSSR count). The van der Waals surface area contributed by atoms with Gasteiger partial charge in [-0.15, -0.1) is 0 Å². The predicted octanol–water partition coefficient (Wildman–Crippen LogP) is 5.29. The molecule has 1 fully saturated rings. The fourth-order valence-electron chi connectivity index (χ4n) is 5.67. The fourth-order valence-corrected chi connectivity index (χ4v) is 5.67. The van der Waals surface area contributed by atoms with E-state index in [0.717, 1.165) is 23.6 Å². The molecule has 45 heavy (non-hydrogen) atoms. The van der Waals surface area contributed by atoms with Gasteiger partial charge in [-0.25, -0.2) is 23.1 Å². The molecule has 9 nitrogen and oxygen atoms in total. The van der Waals surface area contributed by atoms with Gasteiger partial charge < -0.3 is 15.5 Å². The van der Waals surface area contributed by atoms with E-state index in [4.69, 9.17) is 5.73 Å². The predicted molar refractivity (Wildman–Crippen MR) is 160 cm³/mol. The highest BCUT2D eigenvalue weighted by Gasteiger charge is 2.41. The number of alkyl halides is 3. The lowest BCUT2D eigenvalue weighted by Crippen LogP contribution is -2.58. The van der Waals surface area contributed by atoms with Crippen molar-refractivity contribution in [1.29, 1.82) is 0 Å². The number of fused-ring (bicyclic) bond motifs is 1. The van der Waals surface area contributed by atoms with Crippen molar-refractivity contribution >= 4 is 28.4 Å². The maximum Gasteiger partial charge on any atom is 0.397 e. The number of hydrogen-bond acceptors (Lipinski definition) is 7. The van der Waals surface area contributed by atoms with E-state index in [9.17, 15) is 22.8 Å². The number of rotatable bonds is 5. The summed E-state index contributed by atoms with van der Waals surface area (Å²) in [4.78, 5) is 42.3. The Hall–Kier alpha value is -4.88. The van der Waals surface area contributed by atoms with Crippen LogP contribution in [0.25, 0.3) is 28.0 Å². The van der Waals surface area contributed by atoms with Crippen molar-refractivity contribution in [3.8, 4) is 16.9 Å². The van der Waals surface area contributed by atoms with Gasteiger partial charge in [0.1, 0.15) is 17.3 Å². The van der Waals surface area contributed by atoms with Crippen molar-refractivity contribution < 1.29 is 26.7 Å². The highest BCUT2D eigenvalue weighted by molar-refractivity contribution is 5.92. The van der Waals surface area contributed by atoms with Crippen LogP contribution >= 0.6 is 0 Å². The molecule has 1 amide bonds. The van der Waals surface area contributed by atoms with Gasteiger partial charge in [0.2, 0.25) is 5.91 Å². The first-order valence-electron chi connectivity index (χ1n) is 14.1. The zero-order chi connectivity index (χ0) is 33.0. The maximum atomic E-state index is 15.9. The number of aromatic nitrogens is 4. The van der Waals surface area contributed by atoms with Crippen molar-refractivity contribution in [3.05, 3.63) is 82.6 Å². The van der Waals surface area contributed by atoms with Crippen molar-refractivity contribution in [2.45, 2.75) is 51.9 Å². The highest BCUT2D eigenvalue weighted by atomic mass is 19.4. The van der Waals surface area contributed by atoms with Crippen molar-refractivity contribution in [2.24, 2.45) is 0 Å². The van der Waals surface area contributed by atoms with Crippen LogP contribution < -0.4 is 16.3 Å². The molecule has 236 valence electrons. The average Bonchev–Trinajstić information content (AvgIpc) is 2.97. The van der Waals surface area contributed by atoms with Gasteiger partial charge in [-0.2, -0.15) is 18.2 Å². The van der Waals surface area contributed by atoms with E-state index < -0.39 is 46.8 Å². The van der Waals surface area contributed by atoms with Gasteiger partial charge in [-0.3, -0.25) is 9.78 Å². The fraction of sp³-hybridized carbons (Fsp3) is 0.323. The second-order valence-corrected chi connectivity index (χ2v) is 11.1. The van der Waals surface area contributed by atoms with Gasteiger partial charge in [0, 0.05) is 37.1 Å². The second-order valence-electron chi connectivity index (χ2n) is 11.1. The molecule has 0 aliphatic carbocycles. The molecule has 4 heterocycles. The number of nitrogen functional groups attached to an aromatic ring is 1. The zero-order valence-electron chi connectivity index (χ0n) is 24.9. The standard InChI is InChI=1S/C31H30F5N7O2/c1-6-23(44)41-13-17(4)42(14-16(41)3)28-19-12-21(33)26(24-20(32)8-7-9-22(24)37)39-29(19)43(30(45)40-28)27-15(2)10-11-38-25(27)18(5)31(34,35)36/h6-12,16-18H,1,13-14,37H2,2-5H3/t16-,17+,18-/m1/s1. The molecule has 0 saturated carbocycles. The van der Waals surface area contributed by atoms with Crippen molar-refractivity contribution in [3.63, 3.8) is 0 Å². The summed E-state index contributed by atoms with van der Waals surface area (Å²) in [7, 11) is 0. The first-order valence-corrected chi connectivity index (χ1v) is 14.1. The molecule has 3 aromatic heterocycles. The summed E-state index contributed by atoms with van der Waals surface area (Å²) in [5, 5.41) is -0.0258. The third-order valence-corrected chi connectivity index (χ3v) is 8.08. The van der Waals surface area contributed by atoms with Gasteiger partial charge in [-0.1, -0.05) is 12.6 Å². The van der Waals surface area contributed by atoms with Crippen LogP contribution in [-0.2, 0) is 4.79 Å². The van der Waals surface area contributed by atoms with E-state index in [0.29, 0.717) is 0 Å². The molecule has 14 heteroatoms. The molecule has 3 atom stereocenters. The Balaban J connectivity index is 1.86. The van der Waals surface area contributed by atoms with Crippen LogP contribution in [-0.4, -0.2) is 61.7 Å². The summed E-state index contributed by atoms with van der Waals surface area (Å²) in [6, 6.07) is 5.36. The Morgan fingerprint density at radius 3 is 2.47 bits per heavy atom. The van der Waals surface area contributed by atoms with E-state index in [1.807, 2.05) is 0 Å². The largest absolute Gasteiger partial charge is 0.398 e. The number of benzene rings is 1. The first kappa shape index (κ1) is 31.5. The van der Waals surface area contributed by atoms with E-state index in [-0.39, 0.29) is 64.4 Å². The summed E-state index contributed by atoms with van der Waals surface area (Å²) in [6.45, 7) is 9.90. The second kappa shape index (κ2) is 11.6. The topological polar surface area (TPSA) is 110 Å². The van der Waals surface area contributed by atoms with Gasteiger partial charge in [0.15, 0.2) is 11.5 Å². The maximum absolute atomic E-state index is 15.9. The molecule has 1 aliphatic rings. The summed E-state index contributed by atoms with van der Waals surface area (Å²) in [5.41, 5.74) is 3.19. The molecule has 1 aromatic carbocycles. The minimum atomic E-state index is -4.72. The molecule has 0 spiro atoms. The quantitative estimate of drug-likeness (QED) is 0.182. The number of carbonyl (C=O) groups is 1. The van der Waals surface area contributed by atoms with Crippen LogP contribution in [0.1, 0.15) is 37.9 Å². The lowest BCUT2D eigenvalue weighted by Gasteiger charge is -2.44. The summed E-state index contributed by atoms with van der Waals surface area (Å²) in [5.74, 6) is -4.28. The molecule has 4 aromatic rings. The molecular formula is C31H30F5N7O2.